The zero-order valence-electron chi connectivity index (χ0n) is 14.3. The maximum Gasteiger partial charge on any atom is 0.0170 e. The van der Waals surface area contributed by atoms with Crippen LogP contribution < -0.4 is 0 Å². The molecule has 2 bridgehead atoms. The average molecular weight is 305 g/mol. The number of nitrogens with zero attached hydrogens (tertiary/aromatic N) is 1. The zero-order chi connectivity index (χ0) is 15.9. The quantitative estimate of drug-likeness (QED) is 0.809. The molecular weight excluding hydrogens is 278 g/mol. The highest BCUT2D eigenvalue weighted by Crippen LogP contribution is 2.48. The van der Waals surface area contributed by atoms with Crippen LogP contribution in [-0.2, 0) is 18.3 Å². The first-order valence-electron chi connectivity index (χ1n) is 9.05. The molecule has 0 aromatic heterocycles. The van der Waals surface area contributed by atoms with E-state index in [0.29, 0.717) is 11.5 Å². The van der Waals surface area contributed by atoms with Gasteiger partial charge in [0.1, 0.15) is 0 Å². The minimum absolute atomic E-state index is 0.364. The molecule has 2 aromatic rings. The van der Waals surface area contributed by atoms with Crippen LogP contribution in [0.3, 0.4) is 0 Å². The second-order valence-electron chi connectivity index (χ2n) is 7.66. The fraction of sp³-hybridized carbons (Fsp3) is 0.455. The van der Waals surface area contributed by atoms with Gasteiger partial charge in [-0.15, -0.1) is 0 Å². The molecule has 2 aliphatic rings. The Morgan fingerprint density at radius 1 is 1.04 bits per heavy atom. The summed E-state index contributed by atoms with van der Waals surface area (Å²) in [4.78, 5) is 2.76. The Labute approximate surface area is 140 Å². The van der Waals surface area contributed by atoms with E-state index in [2.05, 4.69) is 73.3 Å². The maximum absolute atomic E-state index is 2.76. The van der Waals surface area contributed by atoms with Gasteiger partial charge in [-0.2, -0.15) is 0 Å². The van der Waals surface area contributed by atoms with Crippen LogP contribution in [0, 0.1) is 5.92 Å². The third-order valence-electron chi connectivity index (χ3n) is 6.56. The van der Waals surface area contributed by atoms with Crippen LogP contribution in [0.5, 0.6) is 0 Å². The lowest BCUT2D eigenvalue weighted by Gasteiger charge is -2.54. The second-order valence-corrected chi connectivity index (χ2v) is 7.66. The van der Waals surface area contributed by atoms with Crippen LogP contribution in [0.4, 0.5) is 0 Å². The predicted octanol–water partition coefficient (Wildman–Crippen LogP) is 4.45. The summed E-state index contributed by atoms with van der Waals surface area (Å²) < 4.78 is 0. The Morgan fingerprint density at radius 3 is 2.61 bits per heavy atom. The number of hydrogen-bond donors (Lipinski definition) is 0. The van der Waals surface area contributed by atoms with E-state index in [-0.39, 0.29) is 0 Å². The number of hydrogen-bond acceptors (Lipinski definition) is 1. The minimum atomic E-state index is 0.364. The van der Waals surface area contributed by atoms with Crippen LogP contribution >= 0.6 is 0 Å². The topological polar surface area (TPSA) is 3.24 Å². The van der Waals surface area contributed by atoms with Gasteiger partial charge < -0.3 is 0 Å². The molecule has 0 N–H and O–H groups in total. The lowest BCUT2D eigenvalue weighted by Crippen LogP contribution is -2.58. The summed E-state index contributed by atoms with van der Waals surface area (Å²) in [5, 5.41) is 0. The summed E-state index contributed by atoms with van der Waals surface area (Å²) in [5.74, 6) is 0.738. The summed E-state index contributed by atoms with van der Waals surface area (Å²) in [6.45, 7) is 7.41. The first-order valence-corrected chi connectivity index (χ1v) is 9.05. The molecule has 1 saturated heterocycles. The molecule has 1 aliphatic carbocycles. The van der Waals surface area contributed by atoms with Gasteiger partial charge in [-0.1, -0.05) is 68.4 Å². The smallest absolute Gasteiger partial charge is 0.0170 e. The van der Waals surface area contributed by atoms with E-state index >= 15 is 0 Å². The molecule has 1 fully saturated rings. The summed E-state index contributed by atoms with van der Waals surface area (Å²) in [5.41, 5.74) is 5.03. The number of benzene rings is 2. The molecule has 120 valence electrons. The van der Waals surface area contributed by atoms with E-state index in [1.807, 2.05) is 0 Å². The fourth-order valence-corrected chi connectivity index (χ4v) is 4.87. The Hall–Kier alpha value is -1.60. The normalized spacial score (nSPS) is 30.0. The van der Waals surface area contributed by atoms with Crippen LogP contribution in [0.25, 0.3) is 0 Å². The van der Waals surface area contributed by atoms with E-state index < -0.39 is 0 Å². The van der Waals surface area contributed by atoms with Gasteiger partial charge >= 0.3 is 0 Å². The van der Waals surface area contributed by atoms with Crippen molar-refractivity contribution in [2.24, 2.45) is 5.92 Å². The maximum atomic E-state index is 2.76. The Morgan fingerprint density at radius 2 is 1.78 bits per heavy atom. The van der Waals surface area contributed by atoms with Crippen LogP contribution in [-0.4, -0.2) is 24.0 Å². The molecule has 0 radical (unpaired) electrons. The van der Waals surface area contributed by atoms with Crippen molar-refractivity contribution in [3.8, 4) is 0 Å². The number of likely N-dealkylation sites (tertiary alicyclic amines) is 1. The van der Waals surface area contributed by atoms with E-state index in [1.54, 1.807) is 11.1 Å². The Bertz CT molecular complexity index is 677. The van der Waals surface area contributed by atoms with Gasteiger partial charge in [0.2, 0.25) is 0 Å². The molecule has 0 spiro atoms. The van der Waals surface area contributed by atoms with Gasteiger partial charge in [0.05, 0.1) is 0 Å². The first kappa shape index (κ1) is 15.0. The summed E-state index contributed by atoms with van der Waals surface area (Å²) >= 11 is 0. The van der Waals surface area contributed by atoms with Crippen molar-refractivity contribution in [3.05, 3.63) is 71.3 Å². The van der Waals surface area contributed by atoms with Gasteiger partial charge in [0, 0.05) is 12.6 Å². The fourth-order valence-electron chi connectivity index (χ4n) is 4.87. The van der Waals surface area contributed by atoms with Crippen LogP contribution in [0.15, 0.2) is 54.6 Å². The summed E-state index contributed by atoms with van der Waals surface area (Å²) in [6.07, 6.45) is 3.68. The zero-order valence-corrected chi connectivity index (χ0v) is 14.3. The molecule has 1 heterocycles. The lowest BCUT2D eigenvalue weighted by molar-refractivity contribution is 0.0323. The highest BCUT2D eigenvalue weighted by atomic mass is 15.2. The monoisotopic (exact) mass is 305 g/mol. The SMILES string of the molecule is CC1C2Cc3ccccc3C1(C)CCN2CCc1ccccc1. The molecule has 3 unspecified atom stereocenters. The number of piperidine rings is 1. The molecular formula is C22H27N. The number of fused-ring (bicyclic) bond motifs is 4. The van der Waals surface area contributed by atoms with E-state index in [0.717, 1.165) is 5.92 Å². The largest absolute Gasteiger partial charge is 0.299 e. The third-order valence-corrected chi connectivity index (χ3v) is 6.56. The Kier molecular flexibility index (Phi) is 3.77. The summed E-state index contributed by atoms with van der Waals surface area (Å²) in [6, 6.07) is 20.8. The highest BCUT2D eigenvalue weighted by Gasteiger charge is 2.47. The van der Waals surface area contributed by atoms with E-state index in [1.165, 1.54) is 37.9 Å². The molecule has 4 rings (SSSR count). The van der Waals surface area contributed by atoms with E-state index in [4.69, 9.17) is 0 Å². The van der Waals surface area contributed by atoms with Gasteiger partial charge in [0.25, 0.3) is 0 Å². The molecule has 3 atom stereocenters. The molecule has 1 nitrogen and oxygen atoms in total. The van der Waals surface area contributed by atoms with Crippen molar-refractivity contribution in [2.45, 2.75) is 44.6 Å². The third kappa shape index (κ3) is 2.52. The van der Waals surface area contributed by atoms with Crippen molar-refractivity contribution in [1.29, 1.82) is 0 Å². The number of rotatable bonds is 3. The van der Waals surface area contributed by atoms with Crippen molar-refractivity contribution in [1.82, 2.24) is 4.90 Å². The van der Waals surface area contributed by atoms with Gasteiger partial charge in [0.15, 0.2) is 0 Å². The standard InChI is InChI=1S/C22H27N/c1-17-21-16-19-10-6-7-11-20(19)22(17,2)13-15-23(21)14-12-18-8-4-3-5-9-18/h3-11,17,21H,12-16H2,1-2H3. The molecule has 1 aliphatic heterocycles. The van der Waals surface area contributed by atoms with Crippen LogP contribution in [0.1, 0.15) is 37.0 Å². The van der Waals surface area contributed by atoms with Gasteiger partial charge in [-0.25, -0.2) is 0 Å². The second kappa shape index (κ2) is 5.79. The molecule has 0 amide bonds. The Balaban J connectivity index is 1.56. The van der Waals surface area contributed by atoms with E-state index in [9.17, 15) is 0 Å². The van der Waals surface area contributed by atoms with Crippen molar-refractivity contribution < 1.29 is 0 Å². The molecule has 2 aromatic carbocycles. The van der Waals surface area contributed by atoms with Gasteiger partial charge in [-0.05, 0) is 53.8 Å². The van der Waals surface area contributed by atoms with Crippen molar-refractivity contribution >= 4 is 0 Å². The van der Waals surface area contributed by atoms with Crippen molar-refractivity contribution in [3.63, 3.8) is 0 Å². The van der Waals surface area contributed by atoms with Gasteiger partial charge in [-0.3, -0.25) is 4.90 Å². The average Bonchev–Trinajstić information content (AvgIpc) is 2.58. The predicted molar refractivity (Wildman–Crippen MR) is 96.8 cm³/mol. The molecule has 23 heavy (non-hydrogen) atoms. The first-order chi connectivity index (χ1) is 11.2. The lowest BCUT2D eigenvalue weighted by atomic mass is 9.59. The van der Waals surface area contributed by atoms with Crippen molar-refractivity contribution in [2.75, 3.05) is 13.1 Å². The molecule has 0 saturated carbocycles. The van der Waals surface area contributed by atoms with Crippen LogP contribution in [0.2, 0.25) is 0 Å². The summed E-state index contributed by atoms with van der Waals surface area (Å²) in [7, 11) is 0. The minimum Gasteiger partial charge on any atom is -0.299 e. The highest BCUT2D eigenvalue weighted by molar-refractivity contribution is 5.39. The molecule has 1 heteroatoms.